The molecule has 2 aliphatic rings. The SMILES string of the molecule is c1cc(-c2ccc3oc4ccccc4c3c2)cc(N(c2ccc3c(c2)C2(c4ccccc4-c4ccccc42)c2ccccc2-3)c2ccc3c4ccccc4c4ccccc4c3c2)c1. The third-order valence-electron chi connectivity index (χ3n) is 14.0. The summed E-state index contributed by atoms with van der Waals surface area (Å²) in [6, 6.07) is 83.1. The second-order valence-corrected chi connectivity index (χ2v) is 17.1. The van der Waals surface area contributed by atoms with E-state index >= 15 is 0 Å². The van der Waals surface area contributed by atoms with Crippen LogP contribution in [-0.2, 0) is 5.41 Å². The van der Waals surface area contributed by atoms with Crippen LogP contribution in [0.4, 0.5) is 17.1 Å². The zero-order chi connectivity index (χ0) is 41.2. The Kier molecular flexibility index (Phi) is 7.07. The first kappa shape index (κ1) is 34.5. The Morgan fingerprint density at radius 1 is 0.270 bits per heavy atom. The van der Waals surface area contributed by atoms with Gasteiger partial charge in [0.05, 0.1) is 5.41 Å². The number of anilines is 3. The van der Waals surface area contributed by atoms with Crippen LogP contribution < -0.4 is 4.90 Å². The number of nitrogens with zero attached hydrogens (tertiary/aromatic N) is 1. The van der Waals surface area contributed by atoms with Crippen molar-refractivity contribution in [2.45, 2.75) is 5.41 Å². The van der Waals surface area contributed by atoms with Crippen LogP contribution in [0.5, 0.6) is 0 Å². The van der Waals surface area contributed by atoms with Gasteiger partial charge in [-0.05, 0) is 143 Å². The Bertz CT molecular complexity index is 3790. The van der Waals surface area contributed by atoms with Gasteiger partial charge in [0.2, 0.25) is 0 Å². The zero-order valence-electron chi connectivity index (χ0n) is 34.2. The van der Waals surface area contributed by atoms with E-state index in [9.17, 15) is 0 Å². The van der Waals surface area contributed by atoms with Gasteiger partial charge in [0.1, 0.15) is 11.2 Å². The summed E-state index contributed by atoms with van der Waals surface area (Å²) < 4.78 is 6.25. The lowest BCUT2D eigenvalue weighted by molar-refractivity contribution is 0.669. The van der Waals surface area contributed by atoms with Crippen LogP contribution in [0.25, 0.3) is 87.6 Å². The van der Waals surface area contributed by atoms with Crippen LogP contribution in [-0.4, -0.2) is 0 Å². The molecule has 0 unspecified atom stereocenters. The predicted molar refractivity (Wildman–Crippen MR) is 263 cm³/mol. The molecule has 0 fully saturated rings. The van der Waals surface area contributed by atoms with E-state index in [0.717, 1.165) is 50.1 Å². The molecule has 292 valence electrons. The van der Waals surface area contributed by atoms with Crippen LogP contribution in [0.15, 0.2) is 229 Å². The Morgan fingerprint density at radius 3 is 1.41 bits per heavy atom. The first-order valence-corrected chi connectivity index (χ1v) is 21.8. The van der Waals surface area contributed by atoms with E-state index < -0.39 is 5.41 Å². The quantitative estimate of drug-likeness (QED) is 0.165. The molecule has 0 saturated carbocycles. The largest absolute Gasteiger partial charge is 0.456 e. The summed E-state index contributed by atoms with van der Waals surface area (Å²) in [5, 5.41) is 9.82. The molecule has 2 heteroatoms. The van der Waals surface area contributed by atoms with Crippen LogP contribution in [0.3, 0.4) is 0 Å². The number of hydrogen-bond acceptors (Lipinski definition) is 2. The Labute approximate surface area is 364 Å². The maximum atomic E-state index is 6.25. The van der Waals surface area contributed by atoms with Gasteiger partial charge in [0.15, 0.2) is 0 Å². The summed E-state index contributed by atoms with van der Waals surface area (Å²) >= 11 is 0. The van der Waals surface area contributed by atoms with Gasteiger partial charge in [-0.15, -0.1) is 0 Å². The molecule has 0 saturated heterocycles. The molecule has 0 bridgehead atoms. The highest BCUT2D eigenvalue weighted by Gasteiger charge is 2.51. The normalized spacial score (nSPS) is 13.2. The molecule has 14 rings (SSSR count). The molecule has 1 spiro atoms. The maximum Gasteiger partial charge on any atom is 0.135 e. The fourth-order valence-electron chi connectivity index (χ4n) is 11.4. The van der Waals surface area contributed by atoms with Crippen molar-refractivity contribution in [3.63, 3.8) is 0 Å². The number of furan rings is 1. The lowest BCUT2D eigenvalue weighted by atomic mass is 9.70. The number of para-hydroxylation sites is 1. The fourth-order valence-corrected chi connectivity index (χ4v) is 11.4. The van der Waals surface area contributed by atoms with Crippen LogP contribution >= 0.6 is 0 Å². The first-order valence-electron chi connectivity index (χ1n) is 21.8. The summed E-state index contributed by atoms with van der Waals surface area (Å²) in [7, 11) is 0. The number of hydrogen-bond donors (Lipinski definition) is 0. The highest BCUT2D eigenvalue weighted by molar-refractivity contribution is 6.26. The van der Waals surface area contributed by atoms with Crippen molar-refractivity contribution in [2.24, 2.45) is 0 Å². The van der Waals surface area contributed by atoms with E-state index in [1.807, 2.05) is 12.1 Å². The summed E-state index contributed by atoms with van der Waals surface area (Å²) in [4.78, 5) is 2.47. The Morgan fingerprint density at radius 2 is 0.746 bits per heavy atom. The number of fused-ring (bicyclic) bond motifs is 19. The van der Waals surface area contributed by atoms with Crippen LogP contribution in [0.2, 0.25) is 0 Å². The predicted octanol–water partition coefficient (Wildman–Crippen LogP) is 16.5. The molecule has 0 atom stereocenters. The second kappa shape index (κ2) is 12.9. The topological polar surface area (TPSA) is 16.4 Å². The first-order chi connectivity index (χ1) is 31.2. The van der Waals surface area contributed by atoms with Crippen molar-refractivity contribution < 1.29 is 4.42 Å². The smallest absolute Gasteiger partial charge is 0.135 e. The van der Waals surface area contributed by atoms with Crippen molar-refractivity contribution >= 4 is 71.3 Å². The van der Waals surface area contributed by atoms with Gasteiger partial charge >= 0.3 is 0 Å². The van der Waals surface area contributed by atoms with E-state index in [0.29, 0.717) is 0 Å². The van der Waals surface area contributed by atoms with E-state index in [1.54, 1.807) is 0 Å². The molecule has 1 heterocycles. The monoisotopic (exact) mass is 799 g/mol. The minimum absolute atomic E-state index is 0.454. The molecule has 12 aromatic rings. The molecule has 0 aliphatic heterocycles. The van der Waals surface area contributed by atoms with Gasteiger partial charge in [0.25, 0.3) is 0 Å². The Balaban J connectivity index is 1.03. The van der Waals surface area contributed by atoms with Gasteiger partial charge in [-0.3, -0.25) is 0 Å². The van der Waals surface area contributed by atoms with Crippen molar-refractivity contribution in [3.05, 3.63) is 247 Å². The maximum absolute atomic E-state index is 6.25. The zero-order valence-corrected chi connectivity index (χ0v) is 34.2. The van der Waals surface area contributed by atoms with E-state index in [1.165, 1.54) is 76.8 Å². The standard InChI is InChI=1S/C61H37NO/c1-2-18-45-43(16-1)44-17-3-4-19-46(44)53-36-41(29-31-47(45)53)62(40-15-13-14-38(34-40)39-28-33-60-54(35-39)52-23-8-12-27-59(52)63-60)42-30-32-51-50-22-7-11-26-57(50)61(58(51)37-42)55-24-9-5-20-48(55)49-21-6-10-25-56(49)61/h1-37H. The molecule has 0 amide bonds. The van der Waals surface area contributed by atoms with Gasteiger partial charge in [-0.1, -0.05) is 170 Å². The molecular formula is C61H37NO. The third-order valence-corrected chi connectivity index (χ3v) is 14.0. The summed E-state index contributed by atoms with van der Waals surface area (Å²) in [5.74, 6) is 0. The molecule has 2 aliphatic carbocycles. The lowest BCUT2D eigenvalue weighted by Gasteiger charge is -2.32. The lowest BCUT2D eigenvalue weighted by Crippen LogP contribution is -2.26. The Hall–Kier alpha value is -8.20. The molecule has 1 aromatic heterocycles. The number of rotatable bonds is 4. The van der Waals surface area contributed by atoms with Gasteiger partial charge in [-0.25, -0.2) is 0 Å². The van der Waals surface area contributed by atoms with E-state index in [4.69, 9.17) is 4.42 Å². The van der Waals surface area contributed by atoms with Crippen LogP contribution in [0, 0.1) is 0 Å². The summed E-state index contributed by atoms with van der Waals surface area (Å²) in [6.07, 6.45) is 0. The highest BCUT2D eigenvalue weighted by atomic mass is 16.3. The van der Waals surface area contributed by atoms with Gasteiger partial charge in [-0.2, -0.15) is 0 Å². The van der Waals surface area contributed by atoms with Crippen molar-refractivity contribution in [1.82, 2.24) is 0 Å². The van der Waals surface area contributed by atoms with E-state index in [-0.39, 0.29) is 0 Å². The van der Waals surface area contributed by atoms with Crippen molar-refractivity contribution in [1.29, 1.82) is 0 Å². The highest BCUT2D eigenvalue weighted by Crippen LogP contribution is 2.63. The molecule has 63 heavy (non-hydrogen) atoms. The molecular weight excluding hydrogens is 763 g/mol. The van der Waals surface area contributed by atoms with E-state index in [2.05, 4.69) is 217 Å². The summed E-state index contributed by atoms with van der Waals surface area (Å²) in [6.45, 7) is 0. The molecule has 11 aromatic carbocycles. The third kappa shape index (κ3) is 4.72. The average molecular weight is 800 g/mol. The van der Waals surface area contributed by atoms with Crippen molar-refractivity contribution in [3.8, 4) is 33.4 Å². The fraction of sp³-hybridized carbons (Fsp3) is 0.0164. The number of benzene rings is 11. The van der Waals surface area contributed by atoms with Crippen molar-refractivity contribution in [2.75, 3.05) is 4.90 Å². The molecule has 0 N–H and O–H groups in total. The minimum Gasteiger partial charge on any atom is -0.456 e. The van der Waals surface area contributed by atoms with Gasteiger partial charge in [0, 0.05) is 27.8 Å². The van der Waals surface area contributed by atoms with Crippen LogP contribution in [0.1, 0.15) is 22.3 Å². The average Bonchev–Trinajstić information content (AvgIpc) is 3.98. The van der Waals surface area contributed by atoms with Gasteiger partial charge < -0.3 is 9.32 Å². The second-order valence-electron chi connectivity index (χ2n) is 17.1. The minimum atomic E-state index is -0.454. The molecule has 2 nitrogen and oxygen atoms in total. The summed E-state index contributed by atoms with van der Waals surface area (Å²) in [5.41, 5.74) is 17.5. The molecule has 0 radical (unpaired) electrons.